The topological polar surface area (TPSA) is 46.9 Å². The van der Waals surface area contributed by atoms with Crippen LogP contribution in [0.5, 0.6) is 0 Å². The number of aryl methyl sites for hydroxylation is 1. The number of nitrogens with one attached hydrogen (secondary N) is 1. The predicted molar refractivity (Wildman–Crippen MR) is 36.0 cm³/mol. The third-order valence-corrected chi connectivity index (χ3v) is 1.10. The Morgan fingerprint density at radius 3 is 3.00 bits per heavy atom. The van der Waals surface area contributed by atoms with E-state index in [2.05, 4.69) is 17.3 Å². The predicted octanol–water partition coefficient (Wildman–Crippen LogP) is -0.0585. The summed E-state index contributed by atoms with van der Waals surface area (Å²) in [7, 11) is 5.02. The molecule has 53 valence electrons. The molecule has 0 aliphatic carbocycles. The number of amides is 1. The Hall–Kier alpha value is -1.32. The highest BCUT2D eigenvalue weighted by molar-refractivity contribution is 5.92. The van der Waals surface area contributed by atoms with Gasteiger partial charge in [0.15, 0.2) is 0 Å². The average Bonchev–Trinajstić information content (AvgIpc) is 2.34. The molecule has 10 heavy (non-hydrogen) atoms. The monoisotopic (exact) mass is 138 g/mol. The molecule has 1 radical (unpaired) electrons. The molecule has 1 rings (SSSR count). The quantitative estimate of drug-likeness (QED) is 0.591. The minimum atomic E-state index is -0.263. The normalized spacial score (nSPS) is 9.40. The molecule has 0 saturated heterocycles. The third kappa shape index (κ3) is 1.15. The second kappa shape index (κ2) is 2.51. The highest BCUT2D eigenvalue weighted by Gasteiger charge is 2.03. The molecule has 4 heteroatoms. The van der Waals surface area contributed by atoms with Gasteiger partial charge in [-0.25, -0.2) is 4.98 Å². The summed E-state index contributed by atoms with van der Waals surface area (Å²) in [5.74, 6) is -0.263. The second-order valence-corrected chi connectivity index (χ2v) is 1.93. The molecule has 1 N–H and O–H groups in total. The van der Waals surface area contributed by atoms with E-state index in [0.717, 1.165) is 0 Å². The molecule has 0 aliphatic rings. The number of rotatable bonds is 1. The van der Waals surface area contributed by atoms with Gasteiger partial charge in [0.25, 0.3) is 5.91 Å². The number of hydrogen-bond donors (Lipinski definition) is 1. The zero-order valence-electron chi connectivity index (χ0n) is 5.66. The van der Waals surface area contributed by atoms with Gasteiger partial charge in [0, 0.05) is 20.3 Å². The van der Waals surface area contributed by atoms with Gasteiger partial charge >= 0.3 is 0 Å². The lowest BCUT2D eigenvalue weighted by atomic mass is 10.4. The summed E-state index contributed by atoms with van der Waals surface area (Å²) >= 11 is 0. The van der Waals surface area contributed by atoms with Crippen LogP contribution in [-0.4, -0.2) is 15.5 Å². The van der Waals surface area contributed by atoms with Gasteiger partial charge < -0.3 is 9.88 Å². The van der Waals surface area contributed by atoms with E-state index < -0.39 is 0 Å². The Labute approximate surface area is 58.9 Å². The summed E-state index contributed by atoms with van der Waals surface area (Å²) in [4.78, 5) is 14.6. The van der Waals surface area contributed by atoms with E-state index in [0.29, 0.717) is 5.69 Å². The lowest BCUT2D eigenvalue weighted by Gasteiger charge is -1.90. The lowest BCUT2D eigenvalue weighted by Crippen LogP contribution is -2.15. The molecule has 0 aliphatic heterocycles. The number of aromatic nitrogens is 2. The summed E-state index contributed by atoms with van der Waals surface area (Å²) in [6, 6.07) is 0. The van der Waals surface area contributed by atoms with Crippen LogP contribution in [-0.2, 0) is 7.05 Å². The van der Waals surface area contributed by atoms with Crippen LogP contribution in [0.3, 0.4) is 0 Å². The minimum Gasteiger partial charge on any atom is -0.349 e. The fourth-order valence-electron chi connectivity index (χ4n) is 0.621. The van der Waals surface area contributed by atoms with Crippen molar-refractivity contribution in [2.45, 2.75) is 0 Å². The van der Waals surface area contributed by atoms with Crippen molar-refractivity contribution in [3.63, 3.8) is 0 Å². The summed E-state index contributed by atoms with van der Waals surface area (Å²) < 4.78 is 1.70. The van der Waals surface area contributed by atoms with E-state index in [1.165, 1.54) is 0 Å². The van der Waals surface area contributed by atoms with Crippen LogP contribution in [0.15, 0.2) is 12.5 Å². The first-order valence-electron chi connectivity index (χ1n) is 2.79. The van der Waals surface area contributed by atoms with Crippen LogP contribution in [0.1, 0.15) is 10.5 Å². The zero-order chi connectivity index (χ0) is 7.56. The van der Waals surface area contributed by atoms with E-state index >= 15 is 0 Å². The van der Waals surface area contributed by atoms with Gasteiger partial charge in [-0.1, -0.05) is 0 Å². The standard InChI is InChI=1S/C6H8N3O/c1-7-6(10)5-3-9(2)4-8-5/h3-4H,1H2,2H3,(H,7,10). The van der Waals surface area contributed by atoms with Crippen LogP contribution in [0.2, 0.25) is 0 Å². The number of imidazole rings is 1. The first-order valence-corrected chi connectivity index (χ1v) is 2.79. The van der Waals surface area contributed by atoms with Crippen molar-refractivity contribution in [1.29, 1.82) is 0 Å². The van der Waals surface area contributed by atoms with Crippen LogP contribution in [0, 0.1) is 7.05 Å². The highest BCUT2D eigenvalue weighted by atomic mass is 16.1. The Bertz CT molecular complexity index is 241. The fraction of sp³-hybridized carbons (Fsp3) is 0.167. The Balaban J connectivity index is 2.85. The molecular weight excluding hydrogens is 130 g/mol. The Morgan fingerprint density at radius 2 is 2.60 bits per heavy atom. The Kier molecular flexibility index (Phi) is 1.71. The van der Waals surface area contributed by atoms with Gasteiger partial charge in [-0.05, 0) is 0 Å². The summed E-state index contributed by atoms with van der Waals surface area (Å²) in [6.07, 6.45) is 3.19. The van der Waals surface area contributed by atoms with Gasteiger partial charge in [-0.2, -0.15) is 0 Å². The SMILES string of the molecule is [CH2]NC(=O)c1cn(C)cn1. The van der Waals surface area contributed by atoms with Crippen molar-refractivity contribution in [2.75, 3.05) is 0 Å². The molecule has 0 atom stereocenters. The van der Waals surface area contributed by atoms with Crippen molar-refractivity contribution in [2.24, 2.45) is 7.05 Å². The molecule has 0 saturated carbocycles. The van der Waals surface area contributed by atoms with Crippen molar-refractivity contribution < 1.29 is 4.79 Å². The largest absolute Gasteiger partial charge is 0.349 e. The first kappa shape index (κ1) is 6.80. The smallest absolute Gasteiger partial charge is 0.271 e. The second-order valence-electron chi connectivity index (χ2n) is 1.93. The van der Waals surface area contributed by atoms with Gasteiger partial charge in [-0.3, -0.25) is 4.79 Å². The molecule has 0 unspecified atom stereocenters. The van der Waals surface area contributed by atoms with Crippen molar-refractivity contribution >= 4 is 5.91 Å². The first-order chi connectivity index (χ1) is 4.74. The maximum Gasteiger partial charge on any atom is 0.271 e. The summed E-state index contributed by atoms with van der Waals surface area (Å²) in [6.45, 7) is 0. The van der Waals surface area contributed by atoms with Crippen molar-refractivity contribution in [3.8, 4) is 0 Å². The highest BCUT2D eigenvalue weighted by Crippen LogP contribution is 1.91. The van der Waals surface area contributed by atoms with Crippen LogP contribution >= 0.6 is 0 Å². The molecule has 0 bridgehead atoms. The Morgan fingerprint density at radius 1 is 1.90 bits per heavy atom. The van der Waals surface area contributed by atoms with Gasteiger partial charge in [0.05, 0.1) is 6.33 Å². The number of carbonyl (C=O) groups is 1. The minimum absolute atomic E-state index is 0.263. The van der Waals surface area contributed by atoms with E-state index in [9.17, 15) is 4.79 Å². The summed E-state index contributed by atoms with van der Waals surface area (Å²) in [5, 5.41) is 2.23. The fourth-order valence-corrected chi connectivity index (χ4v) is 0.621. The molecule has 0 fully saturated rings. The molecule has 1 aromatic rings. The number of hydrogen-bond acceptors (Lipinski definition) is 2. The maximum absolute atomic E-state index is 10.8. The van der Waals surface area contributed by atoms with Crippen molar-refractivity contribution in [1.82, 2.24) is 14.9 Å². The van der Waals surface area contributed by atoms with Gasteiger partial charge in [0.2, 0.25) is 0 Å². The maximum atomic E-state index is 10.8. The third-order valence-electron chi connectivity index (χ3n) is 1.10. The average molecular weight is 138 g/mol. The van der Waals surface area contributed by atoms with Gasteiger partial charge in [-0.15, -0.1) is 0 Å². The molecular formula is C6H8N3O. The van der Waals surface area contributed by atoms with Gasteiger partial charge in [0.1, 0.15) is 5.69 Å². The molecule has 1 heterocycles. The van der Waals surface area contributed by atoms with E-state index in [1.54, 1.807) is 24.1 Å². The summed E-state index contributed by atoms with van der Waals surface area (Å²) in [5.41, 5.74) is 0.387. The molecule has 4 nitrogen and oxygen atoms in total. The zero-order valence-corrected chi connectivity index (χ0v) is 5.66. The number of nitrogens with zero attached hydrogens (tertiary/aromatic N) is 2. The molecule has 1 aromatic heterocycles. The molecule has 0 spiro atoms. The van der Waals surface area contributed by atoms with Crippen LogP contribution in [0.4, 0.5) is 0 Å². The van der Waals surface area contributed by atoms with E-state index in [-0.39, 0.29) is 5.91 Å². The molecule has 0 aromatic carbocycles. The van der Waals surface area contributed by atoms with E-state index in [4.69, 9.17) is 0 Å². The van der Waals surface area contributed by atoms with Crippen LogP contribution in [0.25, 0.3) is 0 Å². The van der Waals surface area contributed by atoms with E-state index in [1.807, 2.05) is 0 Å². The lowest BCUT2D eigenvalue weighted by molar-refractivity contribution is 0.0964. The van der Waals surface area contributed by atoms with Crippen molar-refractivity contribution in [3.05, 3.63) is 25.3 Å². The number of carbonyl (C=O) groups excluding carboxylic acids is 1. The molecule has 1 amide bonds. The van der Waals surface area contributed by atoms with Crippen LogP contribution < -0.4 is 5.32 Å².